The molecule has 0 saturated heterocycles. The molecular formula is C18H20N2O4. The molecule has 0 radical (unpaired) electrons. The Morgan fingerprint density at radius 2 is 1.88 bits per heavy atom. The van der Waals surface area contributed by atoms with E-state index < -0.39 is 0 Å². The van der Waals surface area contributed by atoms with Gasteiger partial charge in [-0.25, -0.2) is 4.79 Å². The Kier molecular flexibility index (Phi) is 4.74. The minimum atomic E-state index is -0.293. The van der Waals surface area contributed by atoms with Crippen LogP contribution in [-0.4, -0.2) is 26.0 Å². The summed E-state index contributed by atoms with van der Waals surface area (Å²) < 4.78 is 16.3. The highest BCUT2D eigenvalue weighted by Gasteiger charge is 2.14. The van der Waals surface area contributed by atoms with E-state index in [4.69, 9.17) is 14.2 Å². The molecule has 6 heteroatoms. The van der Waals surface area contributed by atoms with Gasteiger partial charge < -0.3 is 24.8 Å². The fourth-order valence-corrected chi connectivity index (χ4v) is 2.49. The number of ether oxygens (including phenoxy) is 3. The minimum Gasteiger partial charge on any atom is -0.491 e. The normalized spacial score (nSPS) is 11.9. The molecule has 126 valence electrons. The van der Waals surface area contributed by atoms with Crippen LogP contribution in [0, 0.1) is 13.8 Å². The lowest BCUT2D eigenvalue weighted by Crippen LogP contribution is -2.32. The molecule has 1 aliphatic rings. The number of hydrogen-bond acceptors (Lipinski definition) is 4. The number of carbonyl (C=O) groups is 1. The van der Waals surface area contributed by atoms with Crippen molar-refractivity contribution in [3.05, 3.63) is 47.5 Å². The van der Waals surface area contributed by atoms with Crippen molar-refractivity contribution in [1.29, 1.82) is 0 Å². The maximum absolute atomic E-state index is 11.9. The molecule has 6 nitrogen and oxygen atoms in total. The van der Waals surface area contributed by atoms with E-state index in [1.54, 1.807) is 18.2 Å². The molecule has 2 aromatic carbocycles. The first-order valence-electron chi connectivity index (χ1n) is 7.77. The number of urea groups is 1. The fraction of sp³-hybridized carbons (Fsp3) is 0.278. The van der Waals surface area contributed by atoms with E-state index in [1.807, 2.05) is 32.0 Å². The highest BCUT2D eigenvalue weighted by molar-refractivity contribution is 5.89. The van der Waals surface area contributed by atoms with Gasteiger partial charge in [0.05, 0.1) is 6.54 Å². The van der Waals surface area contributed by atoms with E-state index >= 15 is 0 Å². The molecule has 0 unspecified atom stereocenters. The minimum absolute atomic E-state index is 0.209. The average molecular weight is 328 g/mol. The maximum Gasteiger partial charge on any atom is 0.319 e. The molecule has 0 aromatic heterocycles. The lowest BCUT2D eigenvalue weighted by atomic mass is 10.1. The molecule has 0 aliphatic carbocycles. The highest BCUT2D eigenvalue weighted by atomic mass is 16.7. The number of para-hydroxylation sites is 1. The Morgan fingerprint density at radius 1 is 1.12 bits per heavy atom. The van der Waals surface area contributed by atoms with Crippen molar-refractivity contribution >= 4 is 11.7 Å². The Morgan fingerprint density at radius 3 is 2.67 bits per heavy atom. The number of benzene rings is 2. The summed E-state index contributed by atoms with van der Waals surface area (Å²) in [6.07, 6.45) is 0. The van der Waals surface area contributed by atoms with Crippen molar-refractivity contribution in [2.75, 3.05) is 25.3 Å². The van der Waals surface area contributed by atoms with Gasteiger partial charge in [0.15, 0.2) is 11.5 Å². The maximum atomic E-state index is 11.9. The number of aryl methyl sites for hydroxylation is 2. The molecular weight excluding hydrogens is 308 g/mol. The Bertz CT molecular complexity index is 726. The standard InChI is InChI=1S/C18H20N2O4/c1-12-4-3-5-13(2)17(12)22-9-8-19-18(21)20-14-6-7-15-16(10-14)24-11-23-15/h3-7,10H,8-9,11H2,1-2H3,(H2,19,20,21). The lowest BCUT2D eigenvalue weighted by Gasteiger charge is -2.12. The van der Waals surface area contributed by atoms with Crippen molar-refractivity contribution in [3.8, 4) is 17.2 Å². The van der Waals surface area contributed by atoms with Gasteiger partial charge in [-0.3, -0.25) is 0 Å². The van der Waals surface area contributed by atoms with Crippen LogP contribution in [0.25, 0.3) is 0 Å². The predicted molar refractivity (Wildman–Crippen MR) is 91.0 cm³/mol. The topological polar surface area (TPSA) is 68.8 Å². The number of hydrogen-bond donors (Lipinski definition) is 2. The van der Waals surface area contributed by atoms with Crippen LogP contribution in [0.15, 0.2) is 36.4 Å². The van der Waals surface area contributed by atoms with Crippen LogP contribution in [-0.2, 0) is 0 Å². The van der Waals surface area contributed by atoms with Crippen LogP contribution in [0.4, 0.5) is 10.5 Å². The third-order valence-electron chi connectivity index (χ3n) is 3.67. The predicted octanol–water partition coefficient (Wildman–Crippen LogP) is 3.23. The monoisotopic (exact) mass is 328 g/mol. The molecule has 24 heavy (non-hydrogen) atoms. The molecule has 0 atom stereocenters. The molecule has 0 bridgehead atoms. The summed E-state index contributed by atoms with van der Waals surface area (Å²) in [7, 11) is 0. The second kappa shape index (κ2) is 7.12. The zero-order chi connectivity index (χ0) is 16.9. The number of anilines is 1. The first-order valence-corrected chi connectivity index (χ1v) is 7.77. The molecule has 2 aromatic rings. The number of fused-ring (bicyclic) bond motifs is 1. The lowest BCUT2D eigenvalue weighted by molar-refractivity contribution is 0.174. The van der Waals surface area contributed by atoms with E-state index in [0.717, 1.165) is 16.9 Å². The summed E-state index contributed by atoms with van der Waals surface area (Å²) in [5, 5.41) is 5.51. The number of rotatable bonds is 5. The summed E-state index contributed by atoms with van der Waals surface area (Å²) in [5.74, 6) is 2.18. The SMILES string of the molecule is Cc1cccc(C)c1OCCNC(=O)Nc1ccc2c(c1)OCO2. The fourth-order valence-electron chi connectivity index (χ4n) is 2.49. The average Bonchev–Trinajstić information content (AvgIpc) is 3.01. The summed E-state index contributed by atoms with van der Waals surface area (Å²) in [4.78, 5) is 11.9. The molecule has 1 heterocycles. The van der Waals surface area contributed by atoms with E-state index in [9.17, 15) is 4.79 Å². The first-order chi connectivity index (χ1) is 11.6. The van der Waals surface area contributed by atoms with Crippen LogP contribution in [0.2, 0.25) is 0 Å². The van der Waals surface area contributed by atoms with Gasteiger partial charge in [0.25, 0.3) is 0 Å². The zero-order valence-electron chi connectivity index (χ0n) is 13.7. The van der Waals surface area contributed by atoms with Gasteiger partial charge in [0.1, 0.15) is 12.4 Å². The quantitative estimate of drug-likeness (QED) is 0.827. The highest BCUT2D eigenvalue weighted by Crippen LogP contribution is 2.34. The molecule has 1 aliphatic heterocycles. The van der Waals surface area contributed by atoms with E-state index in [2.05, 4.69) is 10.6 Å². The van der Waals surface area contributed by atoms with Crippen molar-refractivity contribution in [1.82, 2.24) is 5.32 Å². The van der Waals surface area contributed by atoms with Gasteiger partial charge in [0.2, 0.25) is 6.79 Å². The molecule has 0 saturated carbocycles. The van der Waals surface area contributed by atoms with Crippen LogP contribution in [0.3, 0.4) is 0 Å². The smallest absolute Gasteiger partial charge is 0.319 e. The summed E-state index contributed by atoms with van der Waals surface area (Å²) in [6, 6.07) is 11.0. The summed E-state index contributed by atoms with van der Waals surface area (Å²) in [5.41, 5.74) is 2.81. The number of carbonyl (C=O) groups excluding carboxylic acids is 1. The van der Waals surface area contributed by atoms with Crippen LogP contribution in [0.1, 0.15) is 11.1 Å². The zero-order valence-corrected chi connectivity index (χ0v) is 13.7. The van der Waals surface area contributed by atoms with Crippen molar-refractivity contribution in [2.45, 2.75) is 13.8 Å². The molecule has 2 amide bonds. The van der Waals surface area contributed by atoms with Crippen molar-refractivity contribution in [2.24, 2.45) is 0 Å². The van der Waals surface area contributed by atoms with E-state index in [0.29, 0.717) is 30.3 Å². The summed E-state index contributed by atoms with van der Waals surface area (Å²) in [6.45, 7) is 5.02. The van der Waals surface area contributed by atoms with Crippen LogP contribution >= 0.6 is 0 Å². The van der Waals surface area contributed by atoms with Crippen molar-refractivity contribution < 1.29 is 19.0 Å². The third kappa shape index (κ3) is 3.71. The third-order valence-corrected chi connectivity index (χ3v) is 3.67. The second-order valence-electron chi connectivity index (χ2n) is 5.52. The Hall–Kier alpha value is -2.89. The van der Waals surface area contributed by atoms with Gasteiger partial charge in [-0.1, -0.05) is 18.2 Å². The molecule has 3 rings (SSSR count). The van der Waals surface area contributed by atoms with Gasteiger partial charge in [0, 0.05) is 11.8 Å². The van der Waals surface area contributed by atoms with Gasteiger partial charge in [-0.05, 0) is 37.1 Å². The Labute approximate surface area is 140 Å². The molecule has 0 spiro atoms. The second-order valence-corrected chi connectivity index (χ2v) is 5.52. The summed E-state index contributed by atoms with van der Waals surface area (Å²) >= 11 is 0. The van der Waals surface area contributed by atoms with Crippen LogP contribution in [0.5, 0.6) is 17.2 Å². The first kappa shape index (κ1) is 16.0. The van der Waals surface area contributed by atoms with Gasteiger partial charge in [-0.15, -0.1) is 0 Å². The van der Waals surface area contributed by atoms with E-state index in [1.165, 1.54) is 0 Å². The molecule has 0 fully saturated rings. The molecule has 2 N–H and O–H groups in total. The largest absolute Gasteiger partial charge is 0.491 e. The van der Waals surface area contributed by atoms with Gasteiger partial charge >= 0.3 is 6.03 Å². The van der Waals surface area contributed by atoms with E-state index in [-0.39, 0.29) is 12.8 Å². The number of amides is 2. The number of nitrogens with one attached hydrogen (secondary N) is 2. The Balaban J connectivity index is 1.44. The van der Waals surface area contributed by atoms with Crippen molar-refractivity contribution in [3.63, 3.8) is 0 Å². The van der Waals surface area contributed by atoms with Crippen LogP contribution < -0.4 is 24.8 Å². The van der Waals surface area contributed by atoms with Gasteiger partial charge in [-0.2, -0.15) is 0 Å².